The van der Waals surface area contributed by atoms with Crippen molar-refractivity contribution < 1.29 is 19.6 Å². The van der Waals surface area contributed by atoms with Gasteiger partial charge in [-0.25, -0.2) is 14.8 Å². The molecular weight excluding hydrogens is 266 g/mol. The second kappa shape index (κ2) is 5.31. The van der Waals surface area contributed by atoms with Crippen molar-refractivity contribution in [3.8, 4) is 11.8 Å². The molecule has 0 radical (unpaired) electrons. The second-order valence-corrected chi connectivity index (χ2v) is 3.84. The number of aromatic nitrogens is 2. The Morgan fingerprint density at radius 2 is 2.00 bits per heavy atom. The number of rotatable bonds is 4. The summed E-state index contributed by atoms with van der Waals surface area (Å²) in [7, 11) is 0. The fourth-order valence-corrected chi connectivity index (χ4v) is 1.53. The molecule has 1 aromatic heterocycles. The number of para-hydroxylation sites is 1. The van der Waals surface area contributed by atoms with Crippen molar-refractivity contribution >= 4 is 11.7 Å². The van der Waals surface area contributed by atoms with Gasteiger partial charge in [0.05, 0.1) is 10.5 Å². The molecule has 0 fully saturated rings. The maximum atomic E-state index is 11.0. The Labute approximate surface area is 112 Å². The summed E-state index contributed by atoms with van der Waals surface area (Å²) in [5, 5.41) is 19.7. The second-order valence-electron chi connectivity index (χ2n) is 3.84. The highest BCUT2D eigenvalue weighted by atomic mass is 16.6. The quantitative estimate of drug-likeness (QED) is 0.671. The zero-order valence-electron chi connectivity index (χ0n) is 10.3. The minimum atomic E-state index is -1.17. The van der Waals surface area contributed by atoms with Crippen LogP contribution in [-0.2, 0) is 0 Å². The van der Waals surface area contributed by atoms with Gasteiger partial charge < -0.3 is 9.84 Å². The van der Waals surface area contributed by atoms with Gasteiger partial charge in [0.15, 0.2) is 0 Å². The number of aryl methyl sites for hydroxylation is 1. The van der Waals surface area contributed by atoms with Gasteiger partial charge in [-0.15, -0.1) is 0 Å². The van der Waals surface area contributed by atoms with Crippen LogP contribution in [-0.4, -0.2) is 26.0 Å². The average Bonchev–Trinajstić information content (AvgIpc) is 2.39. The van der Waals surface area contributed by atoms with E-state index in [4.69, 9.17) is 9.84 Å². The Bertz CT molecular complexity index is 669. The van der Waals surface area contributed by atoms with Gasteiger partial charge in [-0.05, 0) is 13.0 Å². The summed E-state index contributed by atoms with van der Waals surface area (Å²) in [6.45, 7) is 1.58. The third-order valence-electron chi connectivity index (χ3n) is 2.46. The van der Waals surface area contributed by atoms with Crippen molar-refractivity contribution in [2.45, 2.75) is 6.92 Å². The van der Waals surface area contributed by atoms with Crippen molar-refractivity contribution in [1.82, 2.24) is 9.97 Å². The van der Waals surface area contributed by atoms with E-state index >= 15 is 0 Å². The fourth-order valence-electron chi connectivity index (χ4n) is 1.53. The highest BCUT2D eigenvalue weighted by molar-refractivity contribution is 5.86. The zero-order chi connectivity index (χ0) is 14.7. The molecular formula is C12H9N3O5. The van der Waals surface area contributed by atoms with Gasteiger partial charge in [-0.3, -0.25) is 10.1 Å². The summed E-state index contributed by atoms with van der Waals surface area (Å²) in [5.74, 6) is -1.17. The summed E-state index contributed by atoms with van der Waals surface area (Å²) in [5.41, 5.74) is 0.157. The molecule has 0 bridgehead atoms. The monoisotopic (exact) mass is 275 g/mol. The number of hydrogen-bond donors (Lipinski definition) is 1. The third-order valence-corrected chi connectivity index (χ3v) is 2.46. The topological polar surface area (TPSA) is 115 Å². The standard InChI is InChI=1S/C12H9N3O5/c1-7-3-2-4-9(10(7)15(18)19)20-12-13-5-8(6-14-12)11(16)17/h2-6H,1H3,(H,16,17). The molecule has 20 heavy (non-hydrogen) atoms. The smallest absolute Gasteiger partial charge is 0.338 e. The number of aromatic carboxylic acids is 1. The predicted molar refractivity (Wildman–Crippen MR) is 66.9 cm³/mol. The van der Waals surface area contributed by atoms with Crippen molar-refractivity contribution in [2.75, 3.05) is 0 Å². The maximum absolute atomic E-state index is 11.0. The van der Waals surface area contributed by atoms with Crippen LogP contribution in [0, 0.1) is 17.0 Å². The van der Waals surface area contributed by atoms with Gasteiger partial charge in [-0.2, -0.15) is 0 Å². The lowest BCUT2D eigenvalue weighted by molar-refractivity contribution is -0.386. The molecule has 1 heterocycles. The number of ether oxygens (including phenoxy) is 1. The third kappa shape index (κ3) is 2.69. The lowest BCUT2D eigenvalue weighted by Gasteiger charge is -2.05. The summed E-state index contributed by atoms with van der Waals surface area (Å²) >= 11 is 0. The van der Waals surface area contributed by atoms with E-state index in [1.165, 1.54) is 6.07 Å². The molecule has 1 aromatic carbocycles. The first kappa shape index (κ1) is 13.4. The summed E-state index contributed by atoms with van der Waals surface area (Å²) in [4.78, 5) is 28.4. The number of carbonyl (C=O) groups is 1. The van der Waals surface area contributed by atoms with Crippen LogP contribution in [0.3, 0.4) is 0 Å². The number of hydrogen-bond acceptors (Lipinski definition) is 6. The molecule has 0 aliphatic heterocycles. The highest BCUT2D eigenvalue weighted by Gasteiger charge is 2.19. The van der Waals surface area contributed by atoms with Crippen LogP contribution in [0.2, 0.25) is 0 Å². The number of nitro benzene ring substituents is 1. The zero-order valence-corrected chi connectivity index (χ0v) is 10.3. The highest BCUT2D eigenvalue weighted by Crippen LogP contribution is 2.32. The molecule has 8 nitrogen and oxygen atoms in total. The Balaban J connectivity index is 2.33. The molecule has 0 saturated heterocycles. The largest absolute Gasteiger partial charge is 0.478 e. The van der Waals surface area contributed by atoms with E-state index in [-0.39, 0.29) is 23.0 Å². The summed E-state index contributed by atoms with van der Waals surface area (Å²) in [6.07, 6.45) is 2.12. The van der Waals surface area contributed by atoms with Gasteiger partial charge in [0, 0.05) is 18.0 Å². The van der Waals surface area contributed by atoms with E-state index in [1.54, 1.807) is 19.1 Å². The van der Waals surface area contributed by atoms with Crippen LogP contribution >= 0.6 is 0 Å². The summed E-state index contributed by atoms with van der Waals surface area (Å²) < 4.78 is 5.23. The molecule has 2 aromatic rings. The first-order valence-electron chi connectivity index (χ1n) is 5.46. The Morgan fingerprint density at radius 1 is 1.35 bits per heavy atom. The number of nitro groups is 1. The first-order chi connectivity index (χ1) is 9.49. The van der Waals surface area contributed by atoms with Gasteiger partial charge in [-0.1, -0.05) is 12.1 Å². The molecule has 1 N–H and O–H groups in total. The Kier molecular flexibility index (Phi) is 3.56. The molecule has 0 amide bonds. The molecule has 0 aliphatic rings. The lowest BCUT2D eigenvalue weighted by Crippen LogP contribution is -2.01. The molecule has 8 heteroatoms. The van der Waals surface area contributed by atoms with Crippen molar-refractivity contribution in [1.29, 1.82) is 0 Å². The van der Waals surface area contributed by atoms with Gasteiger partial charge in [0.25, 0.3) is 0 Å². The number of benzene rings is 1. The molecule has 102 valence electrons. The van der Waals surface area contributed by atoms with Crippen LogP contribution < -0.4 is 4.74 Å². The lowest BCUT2D eigenvalue weighted by atomic mass is 10.2. The van der Waals surface area contributed by atoms with Crippen molar-refractivity contribution in [3.05, 3.63) is 51.8 Å². The van der Waals surface area contributed by atoms with Crippen LogP contribution in [0.5, 0.6) is 11.8 Å². The minimum Gasteiger partial charge on any atom is -0.478 e. The van der Waals surface area contributed by atoms with E-state index in [9.17, 15) is 14.9 Å². The molecule has 0 unspecified atom stereocenters. The SMILES string of the molecule is Cc1cccc(Oc2ncc(C(=O)O)cn2)c1[N+](=O)[O-]. The number of carboxylic acid groups (broad SMARTS) is 1. The van der Waals surface area contributed by atoms with Gasteiger partial charge in [0.2, 0.25) is 5.75 Å². The predicted octanol–water partition coefficient (Wildman–Crippen LogP) is 2.18. The van der Waals surface area contributed by atoms with Crippen molar-refractivity contribution in [2.24, 2.45) is 0 Å². The van der Waals surface area contributed by atoms with E-state index in [1.807, 2.05) is 0 Å². The van der Waals surface area contributed by atoms with E-state index in [2.05, 4.69) is 9.97 Å². The Hall–Kier alpha value is -3.03. The van der Waals surface area contributed by atoms with E-state index < -0.39 is 10.9 Å². The van der Waals surface area contributed by atoms with E-state index in [0.717, 1.165) is 12.4 Å². The first-order valence-corrected chi connectivity index (χ1v) is 5.46. The fraction of sp³-hybridized carbons (Fsp3) is 0.0833. The van der Waals surface area contributed by atoms with Crippen LogP contribution in [0.25, 0.3) is 0 Å². The van der Waals surface area contributed by atoms with Crippen molar-refractivity contribution in [3.63, 3.8) is 0 Å². The molecule has 0 spiro atoms. The molecule has 0 saturated carbocycles. The maximum Gasteiger partial charge on any atom is 0.338 e. The number of carboxylic acids is 1. The van der Waals surface area contributed by atoms with Crippen LogP contribution in [0.15, 0.2) is 30.6 Å². The van der Waals surface area contributed by atoms with Crippen LogP contribution in [0.1, 0.15) is 15.9 Å². The molecule has 0 atom stereocenters. The number of nitrogens with zero attached hydrogens (tertiary/aromatic N) is 3. The summed E-state index contributed by atoms with van der Waals surface area (Å²) in [6, 6.07) is 4.44. The minimum absolute atomic E-state index is 0.00178. The van der Waals surface area contributed by atoms with Gasteiger partial charge >= 0.3 is 17.7 Å². The average molecular weight is 275 g/mol. The van der Waals surface area contributed by atoms with E-state index in [0.29, 0.717) is 5.56 Å². The normalized spacial score (nSPS) is 10.1. The van der Waals surface area contributed by atoms with Crippen LogP contribution in [0.4, 0.5) is 5.69 Å². The molecule has 0 aliphatic carbocycles. The molecule has 2 rings (SSSR count). The van der Waals surface area contributed by atoms with Gasteiger partial charge in [0.1, 0.15) is 0 Å². The Morgan fingerprint density at radius 3 is 2.55 bits per heavy atom.